The molecule has 0 saturated carbocycles. The second-order valence-electron chi connectivity index (χ2n) is 4.75. The van der Waals surface area contributed by atoms with Crippen LogP contribution in [0, 0.1) is 0 Å². The fraction of sp³-hybridized carbons (Fsp3) is 0.571. The third-order valence-corrected chi connectivity index (χ3v) is 3.67. The highest BCUT2D eigenvalue weighted by atomic mass is 16.7. The van der Waals surface area contributed by atoms with Gasteiger partial charge in [0.15, 0.2) is 5.79 Å². The molecule has 4 nitrogen and oxygen atoms in total. The highest BCUT2D eigenvalue weighted by molar-refractivity contribution is 5.16. The van der Waals surface area contributed by atoms with Gasteiger partial charge in [-0.25, -0.2) is 0 Å². The van der Waals surface area contributed by atoms with Gasteiger partial charge in [-0.3, -0.25) is 4.90 Å². The summed E-state index contributed by atoms with van der Waals surface area (Å²) < 4.78 is 10.7. The van der Waals surface area contributed by atoms with E-state index in [1.54, 1.807) is 14.2 Å². The maximum absolute atomic E-state index is 9.52. The van der Waals surface area contributed by atoms with E-state index in [1.165, 1.54) is 5.56 Å². The van der Waals surface area contributed by atoms with Crippen molar-refractivity contribution < 1.29 is 14.6 Å². The van der Waals surface area contributed by atoms with Gasteiger partial charge in [-0.15, -0.1) is 0 Å². The van der Waals surface area contributed by atoms with Gasteiger partial charge in [-0.05, 0) is 12.0 Å². The summed E-state index contributed by atoms with van der Waals surface area (Å²) in [6.07, 6.45) is 0.848. The molecular weight excluding hydrogens is 230 g/mol. The van der Waals surface area contributed by atoms with Crippen LogP contribution in [0.1, 0.15) is 5.56 Å². The first kappa shape index (κ1) is 13.5. The Morgan fingerprint density at radius 2 is 1.83 bits per heavy atom. The van der Waals surface area contributed by atoms with Crippen LogP contribution < -0.4 is 0 Å². The van der Waals surface area contributed by atoms with Crippen LogP contribution >= 0.6 is 0 Å². The van der Waals surface area contributed by atoms with Crippen molar-refractivity contribution in [1.82, 2.24) is 4.90 Å². The first-order chi connectivity index (χ1) is 8.73. The molecule has 100 valence electrons. The summed E-state index contributed by atoms with van der Waals surface area (Å²) in [5, 5.41) is 9.52. The van der Waals surface area contributed by atoms with Crippen molar-refractivity contribution in [3.05, 3.63) is 35.9 Å². The van der Waals surface area contributed by atoms with Gasteiger partial charge in [0.25, 0.3) is 0 Å². The lowest BCUT2D eigenvalue weighted by Crippen LogP contribution is -2.67. The lowest BCUT2D eigenvalue weighted by atomic mass is 9.99. The van der Waals surface area contributed by atoms with Gasteiger partial charge >= 0.3 is 0 Å². The van der Waals surface area contributed by atoms with Crippen LogP contribution in [0.15, 0.2) is 30.3 Å². The molecule has 1 saturated heterocycles. The van der Waals surface area contributed by atoms with Crippen LogP contribution in [0.3, 0.4) is 0 Å². The van der Waals surface area contributed by atoms with Gasteiger partial charge in [-0.1, -0.05) is 30.3 Å². The molecule has 1 atom stereocenters. The molecule has 0 bridgehead atoms. The fourth-order valence-corrected chi connectivity index (χ4v) is 2.37. The van der Waals surface area contributed by atoms with E-state index < -0.39 is 5.79 Å². The van der Waals surface area contributed by atoms with Crippen molar-refractivity contribution in [2.45, 2.75) is 18.2 Å². The highest BCUT2D eigenvalue weighted by Gasteiger charge is 2.46. The maximum Gasteiger partial charge on any atom is 0.193 e. The summed E-state index contributed by atoms with van der Waals surface area (Å²) >= 11 is 0. The summed E-state index contributed by atoms with van der Waals surface area (Å²) in [5.74, 6) is -0.482. The number of hydrogen-bond donors (Lipinski definition) is 1. The fourth-order valence-electron chi connectivity index (χ4n) is 2.37. The number of rotatable bonds is 6. The van der Waals surface area contributed by atoms with E-state index in [-0.39, 0.29) is 12.6 Å². The van der Waals surface area contributed by atoms with Crippen LogP contribution in [-0.4, -0.2) is 55.8 Å². The SMILES string of the molecule is COC1(OC)CN([C@@H](CO)Cc2ccccc2)C1. The van der Waals surface area contributed by atoms with Crippen LogP contribution in [0.4, 0.5) is 0 Å². The normalized spacial score (nSPS) is 20.4. The molecule has 1 fully saturated rings. The minimum Gasteiger partial charge on any atom is -0.395 e. The van der Waals surface area contributed by atoms with E-state index >= 15 is 0 Å². The van der Waals surface area contributed by atoms with Crippen molar-refractivity contribution in [1.29, 1.82) is 0 Å². The third-order valence-electron chi connectivity index (χ3n) is 3.67. The predicted molar refractivity (Wildman–Crippen MR) is 69.3 cm³/mol. The van der Waals surface area contributed by atoms with E-state index in [0.29, 0.717) is 13.1 Å². The third kappa shape index (κ3) is 2.72. The zero-order chi connectivity index (χ0) is 13.0. The Morgan fingerprint density at radius 1 is 1.22 bits per heavy atom. The van der Waals surface area contributed by atoms with Gasteiger partial charge in [0.05, 0.1) is 19.7 Å². The highest BCUT2D eigenvalue weighted by Crippen LogP contribution is 2.28. The molecule has 0 aromatic heterocycles. The Hall–Kier alpha value is -0.940. The molecular formula is C14H21NO3. The predicted octanol–water partition coefficient (Wildman–Crippen LogP) is 0.895. The number of aliphatic hydroxyl groups excluding tert-OH is 1. The van der Waals surface area contributed by atoms with Crippen molar-refractivity contribution in [3.8, 4) is 0 Å². The lowest BCUT2D eigenvalue weighted by molar-refractivity contribution is -0.283. The van der Waals surface area contributed by atoms with Gasteiger partial charge in [0, 0.05) is 20.3 Å². The number of benzene rings is 1. The molecule has 1 N–H and O–H groups in total. The summed E-state index contributed by atoms with van der Waals surface area (Å²) in [4.78, 5) is 2.19. The van der Waals surface area contributed by atoms with Crippen molar-refractivity contribution in [2.75, 3.05) is 33.9 Å². The number of ether oxygens (including phenoxy) is 2. The quantitative estimate of drug-likeness (QED) is 0.763. The Kier molecular flexibility index (Phi) is 4.35. The van der Waals surface area contributed by atoms with E-state index in [9.17, 15) is 5.11 Å². The van der Waals surface area contributed by atoms with Crippen LogP contribution in [0.2, 0.25) is 0 Å². The number of nitrogens with zero attached hydrogens (tertiary/aromatic N) is 1. The van der Waals surface area contributed by atoms with Crippen molar-refractivity contribution in [2.24, 2.45) is 0 Å². The monoisotopic (exact) mass is 251 g/mol. The average molecular weight is 251 g/mol. The molecule has 18 heavy (non-hydrogen) atoms. The molecule has 0 amide bonds. The van der Waals surface area contributed by atoms with E-state index in [0.717, 1.165) is 6.42 Å². The molecule has 1 aliphatic rings. The Labute approximate surface area is 108 Å². The maximum atomic E-state index is 9.52. The van der Waals surface area contributed by atoms with Gasteiger partial charge in [0.2, 0.25) is 0 Å². The zero-order valence-electron chi connectivity index (χ0n) is 11.0. The minimum atomic E-state index is -0.482. The molecule has 0 aliphatic carbocycles. The van der Waals surface area contributed by atoms with Crippen molar-refractivity contribution >= 4 is 0 Å². The van der Waals surface area contributed by atoms with Gasteiger partial charge in [-0.2, -0.15) is 0 Å². The largest absolute Gasteiger partial charge is 0.395 e. The minimum absolute atomic E-state index is 0.130. The first-order valence-corrected chi connectivity index (χ1v) is 6.22. The molecule has 4 heteroatoms. The standard InChI is InChI=1S/C14H21NO3/c1-17-14(18-2)10-15(11-14)13(9-16)8-12-6-4-3-5-7-12/h3-7,13,16H,8-11H2,1-2H3/t13-/m1/s1. The summed E-state index contributed by atoms with van der Waals surface area (Å²) in [6.45, 7) is 1.56. The van der Waals surface area contributed by atoms with Crippen LogP contribution in [0.25, 0.3) is 0 Å². The number of hydrogen-bond acceptors (Lipinski definition) is 4. The second kappa shape index (κ2) is 5.80. The van der Waals surface area contributed by atoms with E-state index in [2.05, 4.69) is 17.0 Å². The summed E-state index contributed by atoms with van der Waals surface area (Å²) in [7, 11) is 3.32. The topological polar surface area (TPSA) is 41.9 Å². The molecule has 0 spiro atoms. The van der Waals surface area contributed by atoms with Gasteiger partial charge in [0.1, 0.15) is 0 Å². The molecule has 1 heterocycles. The zero-order valence-corrected chi connectivity index (χ0v) is 11.0. The van der Waals surface area contributed by atoms with Gasteiger partial charge < -0.3 is 14.6 Å². The summed E-state index contributed by atoms with van der Waals surface area (Å²) in [5.41, 5.74) is 1.24. The van der Waals surface area contributed by atoms with Crippen LogP contribution in [-0.2, 0) is 15.9 Å². The Morgan fingerprint density at radius 3 is 2.33 bits per heavy atom. The average Bonchev–Trinajstić information content (AvgIpc) is 2.38. The Bertz CT molecular complexity index is 357. The Balaban J connectivity index is 1.92. The number of likely N-dealkylation sites (tertiary alicyclic amines) is 1. The smallest absolute Gasteiger partial charge is 0.193 e. The van der Waals surface area contributed by atoms with E-state index in [1.807, 2.05) is 18.2 Å². The van der Waals surface area contributed by atoms with E-state index in [4.69, 9.17) is 9.47 Å². The molecule has 0 radical (unpaired) electrons. The van der Waals surface area contributed by atoms with Crippen molar-refractivity contribution in [3.63, 3.8) is 0 Å². The molecule has 1 aromatic rings. The number of methoxy groups -OCH3 is 2. The molecule has 0 unspecified atom stereocenters. The summed E-state index contributed by atoms with van der Waals surface area (Å²) in [6, 6.07) is 10.3. The molecule has 2 rings (SSSR count). The number of aliphatic hydroxyl groups is 1. The lowest BCUT2D eigenvalue weighted by Gasteiger charge is -2.50. The molecule has 1 aromatic carbocycles. The molecule has 1 aliphatic heterocycles. The second-order valence-corrected chi connectivity index (χ2v) is 4.75. The van der Waals surface area contributed by atoms with Crippen LogP contribution in [0.5, 0.6) is 0 Å². The first-order valence-electron chi connectivity index (χ1n) is 6.22.